The number of phenols is 2. The number of aliphatic carboxylic acids is 1. The molecule has 5 atom stereocenters. The van der Waals surface area contributed by atoms with Crippen LogP contribution in [0, 0.1) is 0 Å². The van der Waals surface area contributed by atoms with Crippen molar-refractivity contribution in [1.29, 1.82) is 0 Å². The molecule has 1 aromatic rings. The van der Waals surface area contributed by atoms with Crippen molar-refractivity contribution in [2.24, 2.45) is 0 Å². The topological polar surface area (TPSA) is 154 Å². The van der Waals surface area contributed by atoms with Gasteiger partial charge in [0.1, 0.15) is 17.2 Å². The van der Waals surface area contributed by atoms with Crippen LogP contribution in [-0.4, -0.2) is 55.5 Å². The fourth-order valence-corrected chi connectivity index (χ4v) is 4.08. The van der Waals surface area contributed by atoms with Gasteiger partial charge in [-0.15, -0.1) is 0 Å². The molecule has 4 rings (SSSR count). The van der Waals surface area contributed by atoms with Crippen molar-refractivity contribution < 1.29 is 44.6 Å². The third kappa shape index (κ3) is 2.00. The van der Waals surface area contributed by atoms with Gasteiger partial charge in [0.15, 0.2) is 12.1 Å². The Morgan fingerprint density at radius 2 is 2.00 bits per heavy atom. The first kappa shape index (κ1) is 16.1. The van der Waals surface area contributed by atoms with E-state index in [1.54, 1.807) is 0 Å². The molecule has 0 amide bonds. The number of phenolic OH excluding ortho intramolecular Hbond substituents is 2. The highest BCUT2D eigenvalue weighted by atomic mass is 16.7. The number of carbonyl (C=O) groups is 2. The van der Waals surface area contributed by atoms with Gasteiger partial charge in [-0.2, -0.15) is 0 Å². The minimum atomic E-state index is -2.71. The number of aromatic hydroxyl groups is 2. The summed E-state index contributed by atoms with van der Waals surface area (Å²) in [6, 6.07) is 1.20. The normalized spacial score (nSPS) is 36.2. The van der Waals surface area contributed by atoms with Crippen molar-refractivity contribution in [3.63, 3.8) is 0 Å². The van der Waals surface area contributed by atoms with Crippen LogP contribution in [0.2, 0.25) is 0 Å². The predicted octanol–water partition coefficient (Wildman–Crippen LogP) is -0.0992. The van der Waals surface area contributed by atoms with Crippen LogP contribution in [0.3, 0.4) is 0 Å². The van der Waals surface area contributed by atoms with E-state index in [0.29, 0.717) is 0 Å². The van der Waals surface area contributed by atoms with Crippen molar-refractivity contribution in [2.75, 3.05) is 0 Å². The van der Waals surface area contributed by atoms with E-state index in [9.17, 15) is 35.1 Å². The number of Topliss-reactive ketones (excluding diaryl/α,β-unsaturated/α-hetero) is 1. The van der Waals surface area contributed by atoms with Gasteiger partial charge in [0.2, 0.25) is 11.9 Å². The molecule has 2 heterocycles. The summed E-state index contributed by atoms with van der Waals surface area (Å²) in [4.78, 5) is 23.4. The van der Waals surface area contributed by atoms with Gasteiger partial charge < -0.3 is 35.0 Å². The summed E-state index contributed by atoms with van der Waals surface area (Å²) < 4.78 is 10.6. The number of ketones is 1. The van der Waals surface area contributed by atoms with Gasteiger partial charge in [0.05, 0.1) is 5.92 Å². The third-order valence-corrected chi connectivity index (χ3v) is 5.27. The Bertz CT molecular complexity index is 788. The maximum atomic E-state index is 11.9. The largest absolute Gasteiger partial charge is 0.507 e. The summed E-state index contributed by atoms with van der Waals surface area (Å²) in [6.45, 7) is 0. The number of carboxylic acids is 1. The van der Waals surface area contributed by atoms with Gasteiger partial charge in [0.25, 0.3) is 0 Å². The molecule has 1 aromatic carbocycles. The molecule has 1 saturated carbocycles. The molecule has 5 unspecified atom stereocenters. The number of fused-ring (bicyclic) bond motifs is 3. The quantitative estimate of drug-likeness (QED) is 0.459. The number of hydrogen-bond donors (Lipinski definition) is 5. The van der Waals surface area contributed by atoms with Crippen LogP contribution in [0.15, 0.2) is 6.07 Å². The second kappa shape index (κ2) is 5.07. The Morgan fingerprint density at radius 1 is 1.28 bits per heavy atom. The summed E-state index contributed by atoms with van der Waals surface area (Å²) in [5, 5.41) is 50.3. The number of rotatable bonds is 2. The van der Waals surface area contributed by atoms with Crippen LogP contribution in [0.4, 0.5) is 0 Å². The van der Waals surface area contributed by atoms with Crippen molar-refractivity contribution in [2.45, 2.75) is 49.3 Å². The summed E-state index contributed by atoms with van der Waals surface area (Å²) >= 11 is 0. The summed E-state index contributed by atoms with van der Waals surface area (Å²) in [7, 11) is 0. The first-order valence-electron chi connectivity index (χ1n) is 7.83. The molecule has 1 aliphatic carbocycles. The maximum absolute atomic E-state index is 11.9. The SMILES string of the molecule is O=C(O)C1(O)C(=O)CCC1c1c(O)cc2c(c1O)C1CC(O)OC1O2. The fraction of sp³-hybridized carbons (Fsp3) is 0.500. The number of aliphatic hydroxyl groups is 2. The molecule has 2 aliphatic heterocycles. The van der Waals surface area contributed by atoms with Crippen LogP contribution in [0.25, 0.3) is 0 Å². The lowest BCUT2D eigenvalue weighted by atomic mass is 9.81. The molecular weight excluding hydrogens is 336 g/mol. The highest BCUT2D eigenvalue weighted by Crippen LogP contribution is 2.56. The molecule has 0 radical (unpaired) electrons. The molecule has 1 saturated heterocycles. The van der Waals surface area contributed by atoms with E-state index in [1.807, 2.05) is 0 Å². The summed E-state index contributed by atoms with van der Waals surface area (Å²) in [5.41, 5.74) is -2.66. The average Bonchev–Trinajstić information content (AvgIpc) is 3.12. The predicted molar refractivity (Wildman–Crippen MR) is 78.2 cm³/mol. The zero-order valence-electron chi connectivity index (χ0n) is 12.9. The lowest BCUT2D eigenvalue weighted by molar-refractivity contribution is -0.164. The molecule has 0 aromatic heterocycles. The molecule has 0 bridgehead atoms. The number of carbonyl (C=O) groups excluding carboxylic acids is 1. The second-order valence-corrected chi connectivity index (χ2v) is 6.57. The summed E-state index contributed by atoms with van der Waals surface area (Å²) in [6.07, 6.45) is -1.95. The van der Waals surface area contributed by atoms with E-state index in [1.165, 1.54) is 6.07 Å². The van der Waals surface area contributed by atoms with E-state index in [0.717, 1.165) is 0 Å². The zero-order chi connectivity index (χ0) is 18.1. The third-order valence-electron chi connectivity index (χ3n) is 5.27. The van der Waals surface area contributed by atoms with Gasteiger partial charge in [0, 0.05) is 36.0 Å². The number of carboxylic acid groups (broad SMARTS) is 1. The summed E-state index contributed by atoms with van der Waals surface area (Å²) in [5.74, 6) is -5.17. The monoisotopic (exact) mass is 352 g/mol. The highest BCUT2D eigenvalue weighted by molar-refractivity contribution is 6.09. The van der Waals surface area contributed by atoms with Gasteiger partial charge in [-0.1, -0.05) is 0 Å². The molecule has 25 heavy (non-hydrogen) atoms. The van der Waals surface area contributed by atoms with Crippen LogP contribution in [0.5, 0.6) is 17.2 Å². The number of aliphatic hydroxyl groups excluding tert-OH is 1. The van der Waals surface area contributed by atoms with Crippen molar-refractivity contribution in [1.82, 2.24) is 0 Å². The Kier molecular flexibility index (Phi) is 3.27. The van der Waals surface area contributed by atoms with Gasteiger partial charge >= 0.3 is 5.97 Å². The van der Waals surface area contributed by atoms with Crippen molar-refractivity contribution in [3.05, 3.63) is 17.2 Å². The minimum absolute atomic E-state index is 0.0321. The second-order valence-electron chi connectivity index (χ2n) is 6.57. The van der Waals surface area contributed by atoms with E-state index >= 15 is 0 Å². The Morgan fingerprint density at radius 3 is 2.68 bits per heavy atom. The average molecular weight is 352 g/mol. The van der Waals surface area contributed by atoms with Crippen LogP contribution < -0.4 is 4.74 Å². The minimum Gasteiger partial charge on any atom is -0.507 e. The van der Waals surface area contributed by atoms with Crippen LogP contribution >= 0.6 is 0 Å². The first-order chi connectivity index (χ1) is 11.7. The van der Waals surface area contributed by atoms with Gasteiger partial charge in [-0.3, -0.25) is 4.79 Å². The molecule has 2 fully saturated rings. The van der Waals surface area contributed by atoms with E-state index in [2.05, 4.69) is 0 Å². The van der Waals surface area contributed by atoms with Crippen molar-refractivity contribution >= 4 is 11.8 Å². The highest BCUT2D eigenvalue weighted by Gasteiger charge is 2.57. The smallest absolute Gasteiger partial charge is 0.344 e. The molecule has 9 nitrogen and oxygen atoms in total. The van der Waals surface area contributed by atoms with Crippen molar-refractivity contribution in [3.8, 4) is 17.2 Å². The molecule has 134 valence electrons. The fourth-order valence-electron chi connectivity index (χ4n) is 4.08. The maximum Gasteiger partial charge on any atom is 0.344 e. The van der Waals surface area contributed by atoms with Gasteiger partial charge in [-0.05, 0) is 6.42 Å². The molecule has 9 heteroatoms. The number of hydrogen-bond acceptors (Lipinski definition) is 8. The lowest BCUT2D eigenvalue weighted by Crippen LogP contribution is -2.47. The van der Waals surface area contributed by atoms with E-state index < -0.39 is 53.3 Å². The Hall–Kier alpha value is -2.36. The van der Waals surface area contributed by atoms with E-state index in [-0.39, 0.29) is 36.1 Å². The first-order valence-corrected chi connectivity index (χ1v) is 7.83. The standard InChI is InChI=1S/C16H16O9/c17-7-4-8-11(5-3-10(19)25-14(5)24-8)13(20)12(7)6-1-2-9(18)16(6,23)15(21)22/h4-6,10,14,17,19-20,23H,1-3H2,(H,21,22). The molecule has 5 N–H and O–H groups in total. The number of ether oxygens (including phenoxy) is 2. The lowest BCUT2D eigenvalue weighted by Gasteiger charge is -2.26. The van der Waals surface area contributed by atoms with Gasteiger partial charge in [-0.25, -0.2) is 4.79 Å². The van der Waals surface area contributed by atoms with Crippen LogP contribution in [-0.2, 0) is 14.3 Å². The molecular formula is C16H16O9. The molecule has 0 spiro atoms. The van der Waals surface area contributed by atoms with Crippen LogP contribution in [0.1, 0.15) is 42.2 Å². The molecule has 3 aliphatic rings. The van der Waals surface area contributed by atoms with E-state index in [4.69, 9.17) is 9.47 Å². The Labute approximate surface area is 141 Å². The zero-order valence-corrected chi connectivity index (χ0v) is 12.9. The Balaban J connectivity index is 1.85. The number of benzene rings is 1.